The minimum Gasteiger partial charge on any atom is -0.462 e. The number of allylic oxidation sites excluding steroid dienone is 12. The number of aliphatic hydroxyl groups is 1. The summed E-state index contributed by atoms with van der Waals surface area (Å²) in [6.07, 6.45) is 43.9. The highest BCUT2D eigenvalue weighted by molar-refractivity contribution is 5.70. The number of aliphatic hydroxyl groups excluding tert-OH is 1. The van der Waals surface area contributed by atoms with Crippen LogP contribution in [0.5, 0.6) is 0 Å². The predicted octanol–water partition coefficient (Wildman–Crippen LogP) is 10.2. The van der Waals surface area contributed by atoms with Gasteiger partial charge in [-0.25, -0.2) is 0 Å². The lowest BCUT2D eigenvalue weighted by atomic mass is 10.1. The molecule has 0 aliphatic carbocycles. The largest absolute Gasteiger partial charge is 0.462 e. The Balaban J connectivity index is 3.77. The van der Waals surface area contributed by atoms with E-state index < -0.39 is 12.1 Å². The van der Waals surface area contributed by atoms with Gasteiger partial charge in [-0.05, 0) is 51.4 Å². The summed E-state index contributed by atoms with van der Waals surface area (Å²) in [7, 11) is 0. The molecule has 0 aliphatic heterocycles. The molecule has 0 spiro atoms. The van der Waals surface area contributed by atoms with Gasteiger partial charge in [0.15, 0.2) is 6.10 Å². The van der Waals surface area contributed by atoms with Crippen LogP contribution in [-0.2, 0) is 19.1 Å². The third-order valence-electron chi connectivity index (χ3n) is 6.78. The van der Waals surface area contributed by atoms with E-state index in [1.165, 1.54) is 44.9 Å². The summed E-state index contributed by atoms with van der Waals surface area (Å²) < 4.78 is 10.5. The molecular weight excluding hydrogens is 536 g/mol. The number of hydrogen-bond donors (Lipinski definition) is 1. The lowest BCUT2D eigenvalue weighted by Gasteiger charge is -2.15. The molecule has 0 saturated carbocycles. The standard InChI is InChI=1S/C38H62O5/c1-3-5-7-9-11-13-15-16-17-18-19-20-21-22-23-25-27-29-31-33-38(41)43-36(34-39)35-42-37(40)32-30-28-26-24-14-12-10-8-6-4-2/h5,7,11,13,16-17,19-20,22-23,27,29,36,39H,3-4,6,8-10,12,14-15,18,21,24-26,28,30-35H2,1-2H3/b7-5-,13-11-,17-16-,20-19-,23-22-,29-27-/t36-/m0/s1. The molecule has 0 unspecified atom stereocenters. The van der Waals surface area contributed by atoms with E-state index in [1.54, 1.807) is 0 Å². The third kappa shape index (κ3) is 32.1. The summed E-state index contributed by atoms with van der Waals surface area (Å²) in [5.41, 5.74) is 0. The van der Waals surface area contributed by atoms with Gasteiger partial charge in [0.05, 0.1) is 6.61 Å². The van der Waals surface area contributed by atoms with Gasteiger partial charge in [0.2, 0.25) is 0 Å². The van der Waals surface area contributed by atoms with Crippen molar-refractivity contribution in [2.24, 2.45) is 0 Å². The maximum atomic E-state index is 12.1. The van der Waals surface area contributed by atoms with E-state index in [1.807, 2.05) is 12.2 Å². The second-order valence-electron chi connectivity index (χ2n) is 10.9. The number of unbranched alkanes of at least 4 members (excludes halogenated alkanes) is 9. The van der Waals surface area contributed by atoms with Crippen molar-refractivity contribution in [2.45, 2.75) is 142 Å². The van der Waals surface area contributed by atoms with Crippen LogP contribution in [0.15, 0.2) is 72.9 Å². The topological polar surface area (TPSA) is 72.8 Å². The van der Waals surface area contributed by atoms with E-state index in [-0.39, 0.29) is 25.6 Å². The Morgan fingerprint density at radius 3 is 1.47 bits per heavy atom. The summed E-state index contributed by atoms with van der Waals surface area (Å²) in [6.45, 7) is 3.92. The van der Waals surface area contributed by atoms with Gasteiger partial charge in [-0.3, -0.25) is 9.59 Å². The average molecular weight is 599 g/mol. The molecule has 43 heavy (non-hydrogen) atoms. The summed E-state index contributed by atoms with van der Waals surface area (Å²) in [5, 5.41) is 9.48. The van der Waals surface area contributed by atoms with Crippen molar-refractivity contribution in [3.63, 3.8) is 0 Å². The lowest BCUT2D eigenvalue weighted by Crippen LogP contribution is -2.28. The van der Waals surface area contributed by atoms with E-state index in [2.05, 4.69) is 74.6 Å². The van der Waals surface area contributed by atoms with Crippen LogP contribution in [0.2, 0.25) is 0 Å². The molecule has 0 aromatic carbocycles. The van der Waals surface area contributed by atoms with Crippen LogP contribution in [0.25, 0.3) is 0 Å². The van der Waals surface area contributed by atoms with Crippen LogP contribution < -0.4 is 0 Å². The van der Waals surface area contributed by atoms with E-state index in [0.29, 0.717) is 12.8 Å². The van der Waals surface area contributed by atoms with E-state index >= 15 is 0 Å². The fraction of sp³-hybridized carbons (Fsp3) is 0.632. The summed E-state index contributed by atoms with van der Waals surface area (Å²) in [5.74, 6) is -0.698. The molecule has 0 rings (SSSR count). The first kappa shape index (κ1) is 40.3. The van der Waals surface area contributed by atoms with Gasteiger partial charge in [0.1, 0.15) is 6.61 Å². The Bertz CT molecular complexity index is 818. The monoisotopic (exact) mass is 598 g/mol. The number of ether oxygens (including phenoxy) is 2. The molecular formula is C38H62O5. The molecule has 0 radical (unpaired) electrons. The minimum absolute atomic E-state index is 0.0985. The Labute approximate surface area is 263 Å². The van der Waals surface area contributed by atoms with Crippen LogP contribution in [-0.4, -0.2) is 36.4 Å². The number of esters is 2. The number of rotatable bonds is 29. The van der Waals surface area contributed by atoms with E-state index in [0.717, 1.165) is 57.8 Å². The molecule has 0 fully saturated rings. The van der Waals surface area contributed by atoms with Gasteiger partial charge < -0.3 is 14.6 Å². The molecule has 0 aromatic rings. The van der Waals surface area contributed by atoms with Crippen molar-refractivity contribution in [3.8, 4) is 0 Å². The molecule has 0 saturated heterocycles. The van der Waals surface area contributed by atoms with Crippen LogP contribution in [0, 0.1) is 0 Å². The minimum atomic E-state index is -0.811. The Hall–Kier alpha value is -2.66. The Morgan fingerprint density at radius 1 is 0.558 bits per heavy atom. The third-order valence-corrected chi connectivity index (χ3v) is 6.78. The summed E-state index contributed by atoms with van der Waals surface area (Å²) >= 11 is 0. The normalized spacial score (nSPS) is 13.1. The predicted molar refractivity (Wildman–Crippen MR) is 182 cm³/mol. The van der Waals surface area contributed by atoms with Crippen LogP contribution in [0.4, 0.5) is 0 Å². The van der Waals surface area contributed by atoms with Crippen LogP contribution >= 0.6 is 0 Å². The van der Waals surface area contributed by atoms with Gasteiger partial charge in [0, 0.05) is 12.8 Å². The van der Waals surface area contributed by atoms with Gasteiger partial charge in [0.25, 0.3) is 0 Å². The van der Waals surface area contributed by atoms with Gasteiger partial charge in [-0.1, -0.05) is 145 Å². The fourth-order valence-corrected chi connectivity index (χ4v) is 4.22. The molecule has 0 aliphatic rings. The SMILES string of the molecule is CC/C=C\C/C=C\C/C=C\C/C=C\C/C=C\C/C=C\CCC(=O)O[C@@H](CO)COC(=O)CCCCCCCCCCCC. The van der Waals surface area contributed by atoms with Crippen molar-refractivity contribution < 1.29 is 24.2 Å². The molecule has 1 atom stereocenters. The summed E-state index contributed by atoms with van der Waals surface area (Å²) in [6, 6.07) is 0. The maximum absolute atomic E-state index is 12.1. The number of carbonyl (C=O) groups is 2. The van der Waals surface area contributed by atoms with Crippen LogP contribution in [0.3, 0.4) is 0 Å². The maximum Gasteiger partial charge on any atom is 0.306 e. The Morgan fingerprint density at radius 2 is 1.00 bits per heavy atom. The highest BCUT2D eigenvalue weighted by Gasteiger charge is 2.15. The van der Waals surface area contributed by atoms with E-state index in [4.69, 9.17) is 9.47 Å². The van der Waals surface area contributed by atoms with Crippen molar-refractivity contribution in [3.05, 3.63) is 72.9 Å². The molecule has 0 aromatic heterocycles. The highest BCUT2D eigenvalue weighted by atomic mass is 16.6. The molecule has 0 amide bonds. The molecule has 5 heteroatoms. The first-order valence-electron chi connectivity index (χ1n) is 17.0. The van der Waals surface area contributed by atoms with Crippen LogP contribution in [0.1, 0.15) is 136 Å². The number of carbonyl (C=O) groups excluding carboxylic acids is 2. The highest BCUT2D eigenvalue weighted by Crippen LogP contribution is 2.12. The van der Waals surface area contributed by atoms with Crippen molar-refractivity contribution >= 4 is 11.9 Å². The first-order chi connectivity index (χ1) is 21.1. The molecule has 1 N–H and O–H groups in total. The fourth-order valence-electron chi connectivity index (χ4n) is 4.22. The lowest BCUT2D eigenvalue weighted by molar-refractivity contribution is -0.161. The second kappa shape index (κ2) is 33.8. The second-order valence-corrected chi connectivity index (χ2v) is 10.9. The van der Waals surface area contributed by atoms with Gasteiger partial charge >= 0.3 is 11.9 Å². The molecule has 244 valence electrons. The average Bonchev–Trinajstić information content (AvgIpc) is 3.01. The van der Waals surface area contributed by atoms with Crippen molar-refractivity contribution in [2.75, 3.05) is 13.2 Å². The van der Waals surface area contributed by atoms with E-state index in [9.17, 15) is 14.7 Å². The zero-order valence-electron chi connectivity index (χ0n) is 27.4. The zero-order chi connectivity index (χ0) is 31.5. The first-order valence-corrected chi connectivity index (χ1v) is 17.0. The zero-order valence-corrected chi connectivity index (χ0v) is 27.4. The summed E-state index contributed by atoms with van der Waals surface area (Å²) in [4.78, 5) is 24.0. The number of hydrogen-bond acceptors (Lipinski definition) is 5. The molecule has 5 nitrogen and oxygen atoms in total. The molecule has 0 heterocycles. The van der Waals surface area contributed by atoms with Crippen molar-refractivity contribution in [1.82, 2.24) is 0 Å². The smallest absolute Gasteiger partial charge is 0.306 e. The van der Waals surface area contributed by atoms with Crippen molar-refractivity contribution in [1.29, 1.82) is 0 Å². The quantitative estimate of drug-likeness (QED) is 0.0527. The Kier molecular flexibility index (Phi) is 31.7. The molecule has 0 bridgehead atoms. The van der Waals surface area contributed by atoms with Gasteiger partial charge in [-0.15, -0.1) is 0 Å². The van der Waals surface area contributed by atoms with Gasteiger partial charge in [-0.2, -0.15) is 0 Å².